The molecule has 7 heteroatoms. The first-order chi connectivity index (χ1) is 14.4. The van der Waals surface area contributed by atoms with Crippen molar-refractivity contribution in [3.05, 3.63) is 63.4 Å². The molecular formula is C23H24N2O5. The van der Waals surface area contributed by atoms with Gasteiger partial charge in [0.25, 0.3) is 11.5 Å². The maximum absolute atomic E-state index is 13.2. The molecule has 0 saturated carbocycles. The van der Waals surface area contributed by atoms with Gasteiger partial charge in [0, 0.05) is 18.0 Å². The molecule has 3 aromatic rings. The van der Waals surface area contributed by atoms with Gasteiger partial charge in [-0.25, -0.2) is 0 Å². The fraction of sp³-hybridized carbons (Fsp3) is 0.304. The normalized spacial score (nSPS) is 15.1. The van der Waals surface area contributed by atoms with Crippen molar-refractivity contribution < 1.29 is 19.4 Å². The lowest BCUT2D eigenvalue weighted by molar-refractivity contribution is 0.0946. The van der Waals surface area contributed by atoms with E-state index in [1.807, 2.05) is 31.2 Å². The topological polar surface area (TPSA) is 89.8 Å². The molecule has 30 heavy (non-hydrogen) atoms. The smallest absolute Gasteiger partial charge is 0.267 e. The average Bonchev–Trinajstić information content (AvgIpc) is 2.76. The van der Waals surface area contributed by atoms with Crippen molar-refractivity contribution >= 4 is 16.8 Å². The van der Waals surface area contributed by atoms with Gasteiger partial charge < -0.3 is 24.5 Å². The Balaban J connectivity index is 1.79. The van der Waals surface area contributed by atoms with Crippen molar-refractivity contribution in [2.24, 2.45) is 0 Å². The number of hydrogen-bond acceptors (Lipinski definition) is 5. The molecular weight excluding hydrogens is 384 g/mol. The van der Waals surface area contributed by atoms with Crippen LogP contribution < -0.4 is 20.3 Å². The van der Waals surface area contributed by atoms with E-state index in [-0.39, 0.29) is 23.9 Å². The molecule has 1 aliphatic heterocycles. The first-order valence-electron chi connectivity index (χ1n) is 9.83. The van der Waals surface area contributed by atoms with Crippen molar-refractivity contribution in [1.29, 1.82) is 0 Å². The van der Waals surface area contributed by atoms with Crippen LogP contribution in [0.2, 0.25) is 0 Å². The Morgan fingerprint density at radius 1 is 1.20 bits per heavy atom. The van der Waals surface area contributed by atoms with Gasteiger partial charge in [-0.3, -0.25) is 9.59 Å². The molecule has 0 bridgehead atoms. The lowest BCUT2D eigenvalue weighted by atomic mass is 9.95. The number of rotatable bonds is 5. The van der Waals surface area contributed by atoms with E-state index in [9.17, 15) is 14.7 Å². The number of nitrogens with zero attached hydrogens (tertiary/aromatic N) is 1. The molecule has 2 heterocycles. The average molecular weight is 408 g/mol. The predicted octanol–water partition coefficient (Wildman–Crippen LogP) is 3.16. The second-order valence-electron chi connectivity index (χ2n) is 7.50. The number of aromatic hydroxyl groups is 1. The van der Waals surface area contributed by atoms with Gasteiger partial charge in [0.1, 0.15) is 22.8 Å². The number of aryl methyl sites for hydroxylation is 1. The molecule has 0 spiro atoms. The Hall–Kier alpha value is -3.48. The number of nitrogens with one attached hydrogen (secondary N) is 1. The summed E-state index contributed by atoms with van der Waals surface area (Å²) >= 11 is 0. The summed E-state index contributed by atoms with van der Waals surface area (Å²) in [4.78, 5) is 26.2. The molecule has 1 amide bonds. The van der Waals surface area contributed by atoms with Gasteiger partial charge in [0.05, 0.1) is 19.7 Å². The van der Waals surface area contributed by atoms with Crippen molar-refractivity contribution in [3.63, 3.8) is 0 Å². The molecule has 1 aromatic heterocycles. The summed E-state index contributed by atoms with van der Waals surface area (Å²) in [5.41, 5.74) is 1.68. The van der Waals surface area contributed by atoms with E-state index < -0.39 is 11.5 Å². The molecule has 1 aliphatic rings. The van der Waals surface area contributed by atoms with Crippen molar-refractivity contribution in [2.45, 2.75) is 32.4 Å². The number of hydrogen-bond donors (Lipinski definition) is 2. The number of methoxy groups -OCH3 is 2. The highest BCUT2D eigenvalue weighted by atomic mass is 16.5. The Morgan fingerprint density at radius 2 is 1.97 bits per heavy atom. The van der Waals surface area contributed by atoms with Crippen LogP contribution in [0.15, 0.2) is 41.2 Å². The highest BCUT2D eigenvalue weighted by Crippen LogP contribution is 2.37. The van der Waals surface area contributed by atoms with Crippen LogP contribution in [0.1, 0.15) is 40.9 Å². The van der Waals surface area contributed by atoms with Crippen molar-refractivity contribution in [1.82, 2.24) is 9.88 Å². The molecule has 7 nitrogen and oxygen atoms in total. The third-order valence-electron chi connectivity index (χ3n) is 5.65. The summed E-state index contributed by atoms with van der Waals surface area (Å²) < 4.78 is 12.2. The standard InChI is InChI=1S/C23H24N2O5/c1-13-7-8-15-10-17(30-3)11-18-20(15)25(13)23(28)19(21(18)26)22(27)24-12-14-5-4-6-16(9-14)29-2/h4-6,9-11,13,26H,7-8,12H2,1-3H3,(H,24,27). The fourth-order valence-corrected chi connectivity index (χ4v) is 4.07. The summed E-state index contributed by atoms with van der Waals surface area (Å²) in [7, 11) is 3.12. The summed E-state index contributed by atoms with van der Waals surface area (Å²) in [6, 6.07) is 10.8. The van der Waals surface area contributed by atoms with E-state index >= 15 is 0 Å². The summed E-state index contributed by atoms with van der Waals surface area (Å²) in [5, 5.41) is 14.1. The summed E-state index contributed by atoms with van der Waals surface area (Å²) in [6.45, 7) is 2.15. The van der Waals surface area contributed by atoms with E-state index in [0.29, 0.717) is 22.4 Å². The zero-order chi connectivity index (χ0) is 21.4. The third-order valence-corrected chi connectivity index (χ3v) is 5.65. The van der Waals surface area contributed by atoms with Crippen LogP contribution >= 0.6 is 0 Å². The molecule has 4 rings (SSSR count). The van der Waals surface area contributed by atoms with E-state index in [2.05, 4.69) is 5.32 Å². The lowest BCUT2D eigenvalue weighted by Crippen LogP contribution is -2.35. The SMILES string of the molecule is COc1cccc(CNC(=O)c2c(O)c3cc(OC)cc4c3n(c2=O)C(C)CC4)c1. The molecule has 0 radical (unpaired) electrons. The maximum Gasteiger partial charge on any atom is 0.267 e. The molecule has 1 atom stereocenters. The lowest BCUT2D eigenvalue weighted by Gasteiger charge is -2.27. The van der Waals surface area contributed by atoms with E-state index in [4.69, 9.17) is 9.47 Å². The van der Waals surface area contributed by atoms with E-state index in [0.717, 1.165) is 24.0 Å². The molecule has 2 aromatic carbocycles. The number of ether oxygens (including phenoxy) is 2. The van der Waals surface area contributed by atoms with Crippen LogP contribution in [0.25, 0.3) is 10.9 Å². The van der Waals surface area contributed by atoms with Crippen LogP contribution in [0.5, 0.6) is 17.2 Å². The van der Waals surface area contributed by atoms with E-state index in [1.54, 1.807) is 30.9 Å². The molecule has 0 fully saturated rings. The second kappa shape index (κ2) is 7.74. The van der Waals surface area contributed by atoms with Crippen LogP contribution in [-0.2, 0) is 13.0 Å². The third kappa shape index (κ3) is 3.26. The van der Waals surface area contributed by atoms with Crippen LogP contribution in [-0.4, -0.2) is 29.8 Å². The van der Waals surface area contributed by atoms with Crippen LogP contribution in [0, 0.1) is 0 Å². The highest BCUT2D eigenvalue weighted by Gasteiger charge is 2.28. The maximum atomic E-state index is 13.2. The van der Waals surface area contributed by atoms with Gasteiger partial charge >= 0.3 is 0 Å². The van der Waals surface area contributed by atoms with Gasteiger partial charge in [-0.15, -0.1) is 0 Å². The number of aromatic nitrogens is 1. The zero-order valence-corrected chi connectivity index (χ0v) is 17.2. The summed E-state index contributed by atoms with van der Waals surface area (Å²) in [6.07, 6.45) is 1.54. The number of amides is 1. The Bertz CT molecular complexity index is 1200. The minimum Gasteiger partial charge on any atom is -0.506 e. The Morgan fingerprint density at radius 3 is 2.70 bits per heavy atom. The largest absolute Gasteiger partial charge is 0.506 e. The number of carbonyl (C=O) groups excluding carboxylic acids is 1. The van der Waals surface area contributed by atoms with Crippen LogP contribution in [0.3, 0.4) is 0 Å². The number of pyridine rings is 1. The minimum atomic E-state index is -0.617. The minimum absolute atomic E-state index is 0.0774. The van der Waals surface area contributed by atoms with Gasteiger partial charge in [-0.05, 0) is 55.2 Å². The number of carbonyl (C=O) groups is 1. The monoisotopic (exact) mass is 408 g/mol. The summed E-state index contributed by atoms with van der Waals surface area (Å²) in [5.74, 6) is 0.320. The van der Waals surface area contributed by atoms with Crippen LogP contribution in [0.4, 0.5) is 0 Å². The van der Waals surface area contributed by atoms with Gasteiger partial charge in [-0.2, -0.15) is 0 Å². The second-order valence-corrected chi connectivity index (χ2v) is 7.50. The predicted molar refractivity (Wildman–Crippen MR) is 114 cm³/mol. The quantitative estimate of drug-likeness (QED) is 0.677. The molecule has 156 valence electrons. The molecule has 2 N–H and O–H groups in total. The first-order valence-corrected chi connectivity index (χ1v) is 9.83. The fourth-order valence-electron chi connectivity index (χ4n) is 4.07. The van der Waals surface area contributed by atoms with Gasteiger partial charge in [-0.1, -0.05) is 12.1 Å². The zero-order valence-electron chi connectivity index (χ0n) is 17.2. The number of benzene rings is 2. The first kappa shape index (κ1) is 19.8. The highest BCUT2D eigenvalue weighted by molar-refractivity contribution is 6.03. The van der Waals surface area contributed by atoms with Gasteiger partial charge in [0.15, 0.2) is 0 Å². The molecule has 0 aliphatic carbocycles. The van der Waals surface area contributed by atoms with Crippen molar-refractivity contribution in [3.8, 4) is 17.2 Å². The Kier molecular flexibility index (Phi) is 5.11. The Labute approximate surface area is 173 Å². The molecule has 0 saturated heterocycles. The molecule has 1 unspecified atom stereocenters. The van der Waals surface area contributed by atoms with Gasteiger partial charge in [0.2, 0.25) is 0 Å². The van der Waals surface area contributed by atoms with Crippen molar-refractivity contribution in [2.75, 3.05) is 14.2 Å². The van der Waals surface area contributed by atoms with E-state index in [1.165, 1.54) is 0 Å².